The Morgan fingerprint density at radius 2 is 1.78 bits per heavy atom. The third-order valence-corrected chi connectivity index (χ3v) is 3.87. The third kappa shape index (κ3) is 3.50. The van der Waals surface area contributed by atoms with E-state index in [9.17, 15) is 13.6 Å². The van der Waals surface area contributed by atoms with Gasteiger partial charge in [0.1, 0.15) is 23.1 Å². The molecule has 27 heavy (non-hydrogen) atoms. The van der Waals surface area contributed by atoms with E-state index in [1.54, 1.807) is 24.3 Å². The lowest BCUT2D eigenvalue weighted by Gasteiger charge is -2.09. The molecule has 6 nitrogen and oxygen atoms in total. The van der Waals surface area contributed by atoms with E-state index in [4.69, 9.17) is 9.47 Å². The number of amides is 1. The molecule has 0 aliphatic carbocycles. The maximum Gasteiger partial charge on any atom is 0.255 e. The van der Waals surface area contributed by atoms with Gasteiger partial charge in [-0.1, -0.05) is 6.07 Å². The molecule has 1 amide bonds. The molecule has 2 heterocycles. The molecule has 2 aromatic carbocycles. The summed E-state index contributed by atoms with van der Waals surface area (Å²) in [5.74, 6) is -0.471. The lowest BCUT2D eigenvalue weighted by molar-refractivity contribution is 0.102. The zero-order valence-electron chi connectivity index (χ0n) is 13.8. The highest BCUT2D eigenvalue weighted by molar-refractivity contribution is 6.04. The van der Waals surface area contributed by atoms with Crippen LogP contribution in [0.5, 0.6) is 11.5 Å². The number of anilines is 3. The van der Waals surface area contributed by atoms with Gasteiger partial charge in [-0.05, 0) is 42.5 Å². The summed E-state index contributed by atoms with van der Waals surface area (Å²) in [4.78, 5) is 16.4. The molecule has 0 atom stereocenters. The number of hydrogen-bond acceptors (Lipinski definition) is 5. The minimum Gasteiger partial charge on any atom is -0.454 e. The predicted molar refractivity (Wildman–Crippen MR) is 94.4 cm³/mol. The summed E-state index contributed by atoms with van der Waals surface area (Å²) in [6.07, 6.45) is 1.38. The Kier molecular flexibility index (Phi) is 4.29. The molecule has 3 aromatic rings. The van der Waals surface area contributed by atoms with Crippen LogP contribution in [0.4, 0.5) is 26.0 Å². The van der Waals surface area contributed by atoms with Gasteiger partial charge in [0.05, 0.1) is 11.9 Å². The van der Waals surface area contributed by atoms with E-state index in [1.165, 1.54) is 18.3 Å². The standard InChI is InChI=1S/C19H13F2N3O3/c20-13-2-1-3-14(21)18(13)24-17-7-5-12(9-22-17)23-19(25)11-4-6-15-16(8-11)27-10-26-15/h1-9H,10H2,(H,22,24)(H,23,25). The fourth-order valence-electron chi connectivity index (χ4n) is 2.53. The molecule has 0 spiro atoms. The van der Waals surface area contributed by atoms with Gasteiger partial charge in [-0.2, -0.15) is 0 Å². The van der Waals surface area contributed by atoms with Crippen molar-refractivity contribution in [2.45, 2.75) is 0 Å². The lowest BCUT2D eigenvalue weighted by atomic mass is 10.2. The first kappa shape index (κ1) is 16.8. The molecule has 1 aliphatic rings. The molecule has 0 saturated heterocycles. The predicted octanol–water partition coefficient (Wildman–Crippen LogP) is 4.08. The van der Waals surface area contributed by atoms with Gasteiger partial charge in [0.25, 0.3) is 5.91 Å². The number of aromatic nitrogens is 1. The average Bonchev–Trinajstić information content (AvgIpc) is 3.14. The van der Waals surface area contributed by atoms with Crippen molar-refractivity contribution in [2.24, 2.45) is 0 Å². The molecule has 0 unspecified atom stereocenters. The number of carbonyl (C=O) groups is 1. The van der Waals surface area contributed by atoms with Crippen LogP contribution < -0.4 is 20.1 Å². The molecule has 1 aliphatic heterocycles. The molecule has 1 aromatic heterocycles. The molecule has 0 fully saturated rings. The zero-order chi connectivity index (χ0) is 18.8. The van der Waals surface area contributed by atoms with Gasteiger partial charge in [-0.15, -0.1) is 0 Å². The van der Waals surface area contributed by atoms with Crippen LogP contribution >= 0.6 is 0 Å². The summed E-state index contributed by atoms with van der Waals surface area (Å²) < 4.78 is 37.8. The SMILES string of the molecule is O=C(Nc1ccc(Nc2c(F)cccc2F)nc1)c1ccc2c(c1)OCO2. The Bertz CT molecular complexity index is 989. The first-order valence-electron chi connectivity index (χ1n) is 7.98. The van der Waals surface area contributed by atoms with E-state index in [1.807, 2.05) is 0 Å². The molecule has 8 heteroatoms. The number of nitrogens with one attached hydrogen (secondary N) is 2. The summed E-state index contributed by atoms with van der Waals surface area (Å²) in [7, 11) is 0. The number of benzene rings is 2. The van der Waals surface area contributed by atoms with Crippen LogP contribution in [0, 0.1) is 11.6 Å². The third-order valence-electron chi connectivity index (χ3n) is 3.87. The van der Waals surface area contributed by atoms with Crippen LogP contribution in [0.15, 0.2) is 54.7 Å². The Hall–Kier alpha value is -3.68. The van der Waals surface area contributed by atoms with Crippen molar-refractivity contribution in [1.82, 2.24) is 4.98 Å². The van der Waals surface area contributed by atoms with Crippen molar-refractivity contribution < 1.29 is 23.0 Å². The van der Waals surface area contributed by atoms with Crippen molar-refractivity contribution in [3.63, 3.8) is 0 Å². The maximum absolute atomic E-state index is 13.7. The summed E-state index contributed by atoms with van der Waals surface area (Å²) >= 11 is 0. The average molecular weight is 369 g/mol. The quantitative estimate of drug-likeness (QED) is 0.725. The van der Waals surface area contributed by atoms with Crippen molar-refractivity contribution in [1.29, 1.82) is 0 Å². The Morgan fingerprint density at radius 1 is 1.00 bits per heavy atom. The fraction of sp³-hybridized carbons (Fsp3) is 0.0526. The van der Waals surface area contributed by atoms with E-state index in [0.29, 0.717) is 22.7 Å². The van der Waals surface area contributed by atoms with E-state index < -0.39 is 11.6 Å². The summed E-state index contributed by atoms with van der Waals surface area (Å²) in [5.41, 5.74) is 0.536. The van der Waals surface area contributed by atoms with Crippen LogP contribution in [0.25, 0.3) is 0 Å². The summed E-state index contributed by atoms with van der Waals surface area (Å²) in [5, 5.41) is 5.27. The number of halogens is 2. The van der Waals surface area contributed by atoms with Gasteiger partial charge in [0.2, 0.25) is 6.79 Å². The van der Waals surface area contributed by atoms with Crippen molar-refractivity contribution in [3.05, 3.63) is 71.9 Å². The van der Waals surface area contributed by atoms with Crippen molar-refractivity contribution >= 4 is 23.1 Å². The number of para-hydroxylation sites is 1. The van der Waals surface area contributed by atoms with Gasteiger partial charge in [-0.25, -0.2) is 13.8 Å². The number of nitrogens with zero attached hydrogens (tertiary/aromatic N) is 1. The molecule has 0 radical (unpaired) electrons. The van der Waals surface area contributed by atoms with Crippen LogP contribution in [0.1, 0.15) is 10.4 Å². The second kappa shape index (κ2) is 6.91. The van der Waals surface area contributed by atoms with Crippen molar-refractivity contribution in [2.75, 3.05) is 17.4 Å². The van der Waals surface area contributed by atoms with Gasteiger partial charge in [-0.3, -0.25) is 4.79 Å². The topological polar surface area (TPSA) is 72.5 Å². The zero-order valence-corrected chi connectivity index (χ0v) is 13.8. The fourth-order valence-corrected chi connectivity index (χ4v) is 2.53. The molecular formula is C19H13F2N3O3. The molecule has 2 N–H and O–H groups in total. The summed E-state index contributed by atoms with van der Waals surface area (Å²) in [6.45, 7) is 0.126. The first-order chi connectivity index (χ1) is 13.1. The number of ether oxygens (including phenoxy) is 2. The maximum atomic E-state index is 13.7. The van der Waals surface area contributed by atoms with E-state index >= 15 is 0 Å². The number of rotatable bonds is 4. The largest absolute Gasteiger partial charge is 0.454 e. The molecule has 136 valence electrons. The van der Waals surface area contributed by atoms with Crippen LogP contribution in [0.3, 0.4) is 0 Å². The Balaban J connectivity index is 1.45. The van der Waals surface area contributed by atoms with Gasteiger partial charge in [0, 0.05) is 5.56 Å². The van der Waals surface area contributed by atoms with Gasteiger partial charge < -0.3 is 20.1 Å². The van der Waals surface area contributed by atoms with E-state index in [2.05, 4.69) is 15.6 Å². The Morgan fingerprint density at radius 3 is 2.52 bits per heavy atom. The molecule has 0 bridgehead atoms. The highest BCUT2D eigenvalue weighted by Gasteiger charge is 2.16. The number of carbonyl (C=O) groups excluding carboxylic acids is 1. The molecule has 4 rings (SSSR count). The van der Waals surface area contributed by atoms with E-state index in [-0.39, 0.29) is 24.2 Å². The van der Waals surface area contributed by atoms with Crippen molar-refractivity contribution in [3.8, 4) is 11.5 Å². The molecule has 0 saturated carbocycles. The number of fused-ring (bicyclic) bond motifs is 1. The number of pyridine rings is 1. The highest BCUT2D eigenvalue weighted by atomic mass is 19.1. The molecular weight excluding hydrogens is 356 g/mol. The second-order valence-electron chi connectivity index (χ2n) is 5.68. The lowest BCUT2D eigenvalue weighted by Crippen LogP contribution is -2.12. The number of hydrogen-bond donors (Lipinski definition) is 2. The minimum atomic E-state index is -0.725. The summed E-state index contributed by atoms with van der Waals surface area (Å²) in [6, 6.07) is 11.5. The Labute approximate surface area is 152 Å². The van der Waals surface area contributed by atoms with Gasteiger partial charge >= 0.3 is 0 Å². The second-order valence-corrected chi connectivity index (χ2v) is 5.68. The van der Waals surface area contributed by atoms with E-state index in [0.717, 1.165) is 12.1 Å². The normalized spacial score (nSPS) is 11.9. The van der Waals surface area contributed by atoms with Crippen LogP contribution in [-0.4, -0.2) is 17.7 Å². The van der Waals surface area contributed by atoms with Gasteiger partial charge in [0.15, 0.2) is 11.5 Å². The van der Waals surface area contributed by atoms with Crippen LogP contribution in [-0.2, 0) is 0 Å². The monoisotopic (exact) mass is 369 g/mol. The first-order valence-corrected chi connectivity index (χ1v) is 7.98. The van der Waals surface area contributed by atoms with Crippen LogP contribution in [0.2, 0.25) is 0 Å². The highest BCUT2D eigenvalue weighted by Crippen LogP contribution is 2.32. The smallest absolute Gasteiger partial charge is 0.255 e. The minimum absolute atomic E-state index is 0.126.